The summed E-state index contributed by atoms with van der Waals surface area (Å²) in [4.78, 5) is 0. The Bertz CT molecular complexity index is 357. The summed E-state index contributed by atoms with van der Waals surface area (Å²) >= 11 is 0. The van der Waals surface area contributed by atoms with Gasteiger partial charge in [0.1, 0.15) is 0 Å². The van der Waals surface area contributed by atoms with E-state index < -0.39 is 8.80 Å². The first-order chi connectivity index (χ1) is 15.7. The highest BCUT2D eigenvalue weighted by atomic mass is 28.4. The Morgan fingerprint density at radius 1 is 0.500 bits per heavy atom. The van der Waals surface area contributed by atoms with Gasteiger partial charge in [0, 0.05) is 27.4 Å². The van der Waals surface area contributed by atoms with Crippen LogP contribution in [0.25, 0.3) is 0 Å². The number of unbranched alkanes of at least 4 members (excludes halogenated alkanes) is 12. The largest absolute Gasteiger partial charge is 0.501 e. The van der Waals surface area contributed by atoms with Crippen LogP contribution in [0.4, 0.5) is 0 Å². The minimum Gasteiger partial charge on any atom is -0.382 e. The number of ether oxygens (including phenoxy) is 3. The molecule has 0 heterocycles. The van der Waals surface area contributed by atoms with Gasteiger partial charge in [-0.05, 0) is 19.3 Å². The van der Waals surface area contributed by atoms with Crippen molar-refractivity contribution in [3.05, 3.63) is 12.7 Å². The molecule has 0 atom stereocenters. The molecular formula is C25H52O6Si. The van der Waals surface area contributed by atoms with E-state index in [9.17, 15) is 0 Å². The summed E-state index contributed by atoms with van der Waals surface area (Å²) in [5.41, 5.74) is 0. The first-order valence-electron chi connectivity index (χ1n) is 12.7. The summed E-state index contributed by atoms with van der Waals surface area (Å²) in [6.07, 6.45) is 18.9. The summed E-state index contributed by atoms with van der Waals surface area (Å²) in [6, 6.07) is 0.829. The third-order valence-electron chi connectivity index (χ3n) is 5.47. The molecule has 32 heavy (non-hydrogen) atoms. The summed E-state index contributed by atoms with van der Waals surface area (Å²) in [6.45, 7) is 6.83. The lowest BCUT2D eigenvalue weighted by Gasteiger charge is -2.29. The van der Waals surface area contributed by atoms with Crippen LogP contribution in [0.1, 0.15) is 83.5 Å². The van der Waals surface area contributed by atoms with Crippen LogP contribution < -0.4 is 0 Å². The molecule has 0 aromatic carbocycles. The maximum absolute atomic E-state index is 6.13. The van der Waals surface area contributed by atoms with E-state index in [0.717, 1.165) is 12.5 Å². The highest BCUT2D eigenvalue weighted by molar-refractivity contribution is 6.60. The standard InChI is InChI=1S/C25H52O6Si/c1-5-6-7-8-9-10-11-12-13-14-15-16-17-18-25-32(29-22-19-26-2,30-23-20-27-3)31-24-21-28-4/h5H,1,6-25H2,2-4H3. The monoisotopic (exact) mass is 476 g/mol. The Kier molecular flexibility index (Phi) is 25.1. The van der Waals surface area contributed by atoms with Crippen molar-refractivity contribution in [3.63, 3.8) is 0 Å². The molecule has 0 fully saturated rings. The lowest BCUT2D eigenvalue weighted by Crippen LogP contribution is -2.48. The Morgan fingerprint density at radius 2 is 0.844 bits per heavy atom. The minimum atomic E-state index is -2.76. The van der Waals surface area contributed by atoms with Crippen LogP contribution in [-0.4, -0.2) is 69.8 Å². The van der Waals surface area contributed by atoms with Gasteiger partial charge in [-0.2, -0.15) is 0 Å². The van der Waals surface area contributed by atoms with E-state index in [1.54, 1.807) is 21.3 Å². The average Bonchev–Trinajstić information content (AvgIpc) is 2.80. The average molecular weight is 477 g/mol. The molecule has 7 heteroatoms. The number of hydrogen-bond donors (Lipinski definition) is 0. The second-order valence-corrected chi connectivity index (χ2v) is 11.0. The highest BCUT2D eigenvalue weighted by Crippen LogP contribution is 2.21. The van der Waals surface area contributed by atoms with E-state index in [1.807, 2.05) is 6.08 Å². The molecular weight excluding hydrogens is 424 g/mol. The maximum Gasteiger partial charge on any atom is 0.501 e. The molecule has 0 spiro atoms. The Morgan fingerprint density at radius 3 is 1.19 bits per heavy atom. The van der Waals surface area contributed by atoms with Crippen LogP contribution in [-0.2, 0) is 27.5 Å². The zero-order chi connectivity index (χ0) is 23.6. The first-order valence-corrected chi connectivity index (χ1v) is 14.7. The van der Waals surface area contributed by atoms with Crippen molar-refractivity contribution in [2.24, 2.45) is 0 Å². The van der Waals surface area contributed by atoms with Crippen molar-refractivity contribution in [1.29, 1.82) is 0 Å². The van der Waals surface area contributed by atoms with Gasteiger partial charge in [-0.1, -0.05) is 70.3 Å². The van der Waals surface area contributed by atoms with Gasteiger partial charge in [-0.3, -0.25) is 0 Å². The molecule has 0 rings (SSSR count). The fraction of sp³-hybridized carbons (Fsp3) is 0.920. The fourth-order valence-electron chi connectivity index (χ4n) is 3.58. The summed E-state index contributed by atoms with van der Waals surface area (Å²) in [5, 5.41) is 0. The van der Waals surface area contributed by atoms with Gasteiger partial charge in [0.25, 0.3) is 0 Å². The fourth-order valence-corrected chi connectivity index (χ4v) is 6.13. The van der Waals surface area contributed by atoms with Crippen LogP contribution in [0.15, 0.2) is 12.7 Å². The zero-order valence-electron chi connectivity index (χ0n) is 21.4. The molecule has 0 bridgehead atoms. The van der Waals surface area contributed by atoms with Gasteiger partial charge in [0.2, 0.25) is 0 Å². The van der Waals surface area contributed by atoms with Gasteiger partial charge >= 0.3 is 8.80 Å². The van der Waals surface area contributed by atoms with Crippen molar-refractivity contribution in [3.8, 4) is 0 Å². The molecule has 192 valence electrons. The highest BCUT2D eigenvalue weighted by Gasteiger charge is 2.40. The van der Waals surface area contributed by atoms with Crippen molar-refractivity contribution in [2.75, 3.05) is 61.0 Å². The van der Waals surface area contributed by atoms with E-state index in [4.69, 9.17) is 27.5 Å². The molecule has 6 nitrogen and oxygen atoms in total. The predicted octanol–water partition coefficient (Wildman–Crippen LogP) is 6.17. The summed E-state index contributed by atoms with van der Waals surface area (Å²) in [7, 11) is 2.27. The molecule has 0 radical (unpaired) electrons. The van der Waals surface area contributed by atoms with Gasteiger partial charge in [-0.15, -0.1) is 6.58 Å². The van der Waals surface area contributed by atoms with Crippen LogP contribution >= 0.6 is 0 Å². The van der Waals surface area contributed by atoms with Crippen molar-refractivity contribution in [2.45, 2.75) is 89.5 Å². The third-order valence-corrected chi connectivity index (χ3v) is 8.37. The molecule has 0 unspecified atom stereocenters. The van der Waals surface area contributed by atoms with E-state index >= 15 is 0 Å². The van der Waals surface area contributed by atoms with Gasteiger partial charge < -0.3 is 27.5 Å². The molecule has 0 saturated carbocycles. The normalized spacial score (nSPS) is 11.8. The molecule has 0 aromatic rings. The van der Waals surface area contributed by atoms with Crippen LogP contribution in [0.5, 0.6) is 0 Å². The van der Waals surface area contributed by atoms with Crippen molar-refractivity contribution < 1.29 is 27.5 Å². The van der Waals surface area contributed by atoms with Crippen LogP contribution in [0, 0.1) is 0 Å². The SMILES string of the molecule is C=CCCCCCCCCCCCCCC[Si](OCCOC)(OCCOC)OCCOC. The van der Waals surface area contributed by atoms with Gasteiger partial charge in [0.05, 0.1) is 39.6 Å². The quantitative estimate of drug-likeness (QED) is 0.0802. The van der Waals surface area contributed by atoms with E-state index in [-0.39, 0.29) is 0 Å². The number of rotatable bonds is 27. The van der Waals surface area contributed by atoms with Crippen LogP contribution in [0.3, 0.4) is 0 Å². The predicted molar refractivity (Wildman–Crippen MR) is 134 cm³/mol. The molecule has 0 N–H and O–H groups in total. The minimum absolute atomic E-state index is 0.483. The zero-order valence-corrected chi connectivity index (χ0v) is 22.4. The smallest absolute Gasteiger partial charge is 0.382 e. The Labute approximate surface area is 199 Å². The summed E-state index contributed by atoms with van der Waals surface area (Å²) < 4.78 is 33.8. The summed E-state index contributed by atoms with van der Waals surface area (Å²) in [5.74, 6) is 0. The maximum atomic E-state index is 6.13. The lowest BCUT2D eigenvalue weighted by atomic mass is 10.0. The number of hydrogen-bond acceptors (Lipinski definition) is 6. The topological polar surface area (TPSA) is 55.4 Å². The van der Waals surface area contributed by atoms with Crippen LogP contribution in [0.2, 0.25) is 6.04 Å². The number of allylic oxidation sites excluding steroid dienone is 1. The molecule has 0 amide bonds. The second-order valence-electron chi connectivity index (χ2n) is 8.28. The van der Waals surface area contributed by atoms with Gasteiger partial charge in [-0.25, -0.2) is 0 Å². The number of methoxy groups -OCH3 is 3. The molecule has 0 aliphatic heterocycles. The van der Waals surface area contributed by atoms with E-state index in [1.165, 1.54) is 77.0 Å². The molecule has 0 aromatic heterocycles. The van der Waals surface area contributed by atoms with E-state index in [2.05, 4.69) is 6.58 Å². The van der Waals surface area contributed by atoms with Crippen molar-refractivity contribution in [1.82, 2.24) is 0 Å². The first kappa shape index (κ1) is 31.7. The molecule has 0 aliphatic rings. The third kappa shape index (κ3) is 20.3. The molecule has 0 aliphatic carbocycles. The second kappa shape index (κ2) is 25.3. The van der Waals surface area contributed by atoms with Crippen molar-refractivity contribution >= 4 is 8.80 Å². The van der Waals surface area contributed by atoms with E-state index in [0.29, 0.717) is 39.6 Å². The molecule has 0 saturated heterocycles. The lowest BCUT2D eigenvalue weighted by molar-refractivity contribution is 0.0142. The Balaban J connectivity index is 4.04. The Hall–Kier alpha value is -0.283. The van der Waals surface area contributed by atoms with Gasteiger partial charge in [0.15, 0.2) is 0 Å².